The highest BCUT2D eigenvalue weighted by atomic mass is 79.9. The topological polar surface area (TPSA) is 253 Å². The van der Waals surface area contributed by atoms with Gasteiger partial charge in [0.15, 0.2) is 40.8 Å². The summed E-state index contributed by atoms with van der Waals surface area (Å²) in [6.07, 6.45) is 34.9. The van der Waals surface area contributed by atoms with E-state index >= 15 is 0 Å². The molecule has 24 rings (SSSR count). The molecule has 3 aromatic carbocycles. The molecule has 24 nitrogen and oxygen atoms in total. The van der Waals surface area contributed by atoms with Crippen molar-refractivity contribution < 1.29 is 86.4 Å². The van der Waals surface area contributed by atoms with Crippen LogP contribution in [0.2, 0.25) is 0 Å². The minimum Gasteiger partial charge on any atom is -0.494 e. The van der Waals surface area contributed by atoms with Crippen molar-refractivity contribution in [2.75, 3.05) is 85.7 Å². The van der Waals surface area contributed by atoms with E-state index in [9.17, 15) is 15.3 Å². The summed E-state index contributed by atoms with van der Waals surface area (Å²) in [4.78, 5) is 0. The summed E-state index contributed by atoms with van der Waals surface area (Å²) < 4.78 is 97.3. The third-order valence-corrected chi connectivity index (χ3v) is 37.5. The largest absolute Gasteiger partial charge is 0.494 e. The van der Waals surface area contributed by atoms with E-state index in [-0.39, 0.29) is 91.0 Å². The van der Waals surface area contributed by atoms with Crippen LogP contribution in [-0.4, -0.2) is 183 Å². The third kappa shape index (κ3) is 12.8. The summed E-state index contributed by atoms with van der Waals surface area (Å²) in [6, 6.07) is 24.5. The molecule has 12 aliphatic carbocycles. The molecule has 692 valence electrons. The molecule has 0 radical (unpaired) electrons. The lowest BCUT2D eigenvalue weighted by atomic mass is 9.43. The number of alkyl halides is 1. The maximum Gasteiger partial charge on any atom is 0.226 e. The Morgan fingerprint density at radius 3 is 1.18 bits per heavy atom. The molecule has 6 aromatic rings. The predicted molar refractivity (Wildman–Crippen MR) is 484 cm³/mol. The van der Waals surface area contributed by atoms with Gasteiger partial charge in [-0.15, -0.1) is 0 Å². The Morgan fingerprint density at radius 1 is 0.442 bits per heavy atom. The van der Waals surface area contributed by atoms with Crippen LogP contribution < -0.4 is 14.2 Å². The fourth-order valence-corrected chi connectivity index (χ4v) is 32.5. The van der Waals surface area contributed by atoms with Crippen LogP contribution >= 0.6 is 15.9 Å². The first kappa shape index (κ1) is 87.6. The lowest BCUT2D eigenvalue weighted by Crippen LogP contribution is -2.66. The summed E-state index contributed by atoms with van der Waals surface area (Å²) in [6.45, 7) is 29.8. The van der Waals surface area contributed by atoms with Crippen LogP contribution in [0.25, 0.3) is 35.3 Å². The zero-order valence-corrected chi connectivity index (χ0v) is 78.5. The smallest absolute Gasteiger partial charge is 0.226 e. The average Bonchev–Trinajstić information content (AvgIpc) is 1.53. The van der Waals surface area contributed by atoms with E-state index in [4.69, 9.17) is 86.3 Å². The van der Waals surface area contributed by atoms with E-state index in [2.05, 4.69) is 168 Å². The van der Waals surface area contributed by atoms with Crippen LogP contribution in [0.3, 0.4) is 0 Å². The number of ether oxygens (including phenoxy) is 15. The lowest BCUT2D eigenvalue weighted by molar-refractivity contribution is -0.258. The molecule has 6 aliphatic heterocycles. The van der Waals surface area contributed by atoms with Gasteiger partial charge in [0.2, 0.25) is 17.4 Å². The molecule has 6 saturated heterocycles. The second kappa shape index (κ2) is 32.2. The Hall–Kier alpha value is -6.73. The van der Waals surface area contributed by atoms with Crippen LogP contribution in [-0.2, 0) is 76.1 Å². The quantitative estimate of drug-likeness (QED) is 0.0717. The fraction of sp³-hybridized carbons (Fsp3) is 0.644. The number of nitrogens with zero attached hydrogens (tertiary/aromatic N) is 6. The Bertz CT molecular complexity index is 5140. The van der Waals surface area contributed by atoms with Gasteiger partial charge in [0, 0.05) is 27.8 Å². The zero-order chi connectivity index (χ0) is 88.8. The molecule has 9 saturated carbocycles. The van der Waals surface area contributed by atoms with E-state index in [1.165, 1.54) is 33.4 Å². The lowest BCUT2D eigenvalue weighted by Gasteiger charge is -2.62. The van der Waals surface area contributed by atoms with E-state index in [1.54, 1.807) is 0 Å². The molecular formula is C104H131BrN6O18. The molecule has 27 atom stereocenters. The van der Waals surface area contributed by atoms with E-state index < -0.39 is 52.5 Å². The van der Waals surface area contributed by atoms with Crippen LogP contribution in [0.4, 0.5) is 0 Å². The highest BCUT2D eigenvalue weighted by Gasteiger charge is 2.81. The number of halogens is 1. The summed E-state index contributed by atoms with van der Waals surface area (Å²) >= 11 is 3.39. The first-order chi connectivity index (χ1) is 62.2. The molecule has 3 aromatic heterocycles. The van der Waals surface area contributed by atoms with Crippen LogP contribution in [0, 0.1) is 104 Å². The van der Waals surface area contributed by atoms with Gasteiger partial charge in [-0.05, 0) is 305 Å². The van der Waals surface area contributed by atoms with Crippen molar-refractivity contribution in [2.24, 2.45) is 104 Å². The molecule has 0 bridgehead atoms. The number of hydrogen-bond acceptors (Lipinski definition) is 21. The first-order valence-electron chi connectivity index (χ1n) is 48.2. The second-order valence-electron chi connectivity index (χ2n) is 42.8. The van der Waals surface area contributed by atoms with E-state index in [0.717, 1.165) is 140 Å². The summed E-state index contributed by atoms with van der Waals surface area (Å²) in [5.41, 5.74) is 11.6. The molecule has 9 heterocycles. The number of aliphatic hydroxyl groups is 3. The molecular weight excluding hydrogens is 1700 g/mol. The number of aliphatic hydroxyl groups excluding tert-OH is 3. The SMILES string of the molecule is CC/C=C\COc1ccc(-n2ncc3c2C=C2[C@@H](C)C[C@@H]4[C@H]([C@@H](O)C[C@@]5(C)[C@H]4CC[C@@]54OCOC45COCO5)[C@@]2(C)C3)cc1.CCOc1ccc(-n2cc3c(n2)C=C2[C@@H](C)C[C@@H]4[C@H]([C@@H](O)C[C@@]5(C)[C@H]4CC[C@@]54OCOC45COCO5)[C@@]2(C)C3)cc1.C[C@H]1C[C@@H]2[C@H]([C@@H](O)C[C@@]3(C)[C@H]2CC[C@@]32OCOC23COCO3)[C@@]2(C)Cc3cnn(-c4ccc(OC/C=C\CBr)cc4)c3C=C12. The van der Waals surface area contributed by atoms with Crippen LogP contribution in [0.1, 0.15) is 193 Å². The first-order valence-corrected chi connectivity index (χ1v) is 49.3. The van der Waals surface area contributed by atoms with Gasteiger partial charge < -0.3 is 86.4 Å². The van der Waals surface area contributed by atoms with Crippen molar-refractivity contribution in [1.82, 2.24) is 29.3 Å². The van der Waals surface area contributed by atoms with Gasteiger partial charge in [0.1, 0.15) is 67.1 Å². The van der Waals surface area contributed by atoms with Gasteiger partial charge in [-0.25, -0.2) is 14.0 Å². The van der Waals surface area contributed by atoms with Gasteiger partial charge in [0.05, 0.1) is 71.5 Å². The number of benzene rings is 3. The Balaban J connectivity index is 0.000000114. The number of hydrogen-bond donors (Lipinski definition) is 3. The normalized spacial score (nSPS) is 43.0. The van der Waals surface area contributed by atoms with Gasteiger partial charge in [-0.1, -0.05) is 126 Å². The Morgan fingerprint density at radius 2 is 0.806 bits per heavy atom. The maximum absolute atomic E-state index is 12.2. The highest BCUT2D eigenvalue weighted by Crippen LogP contribution is 2.77. The second-order valence-corrected chi connectivity index (χ2v) is 43.5. The van der Waals surface area contributed by atoms with Crippen molar-refractivity contribution in [3.05, 3.63) is 166 Å². The van der Waals surface area contributed by atoms with Crippen molar-refractivity contribution in [2.45, 2.75) is 231 Å². The predicted octanol–water partition coefficient (Wildman–Crippen LogP) is 17.2. The summed E-state index contributed by atoms with van der Waals surface area (Å²) in [5.74, 6) is 4.11. The van der Waals surface area contributed by atoms with Crippen molar-refractivity contribution in [3.8, 4) is 34.3 Å². The maximum atomic E-state index is 12.2. The molecule has 3 unspecified atom stereocenters. The Labute approximate surface area is 766 Å². The number of fused-ring (bicyclic) bond motifs is 24. The zero-order valence-electron chi connectivity index (χ0n) is 76.9. The number of rotatable bonds is 13. The van der Waals surface area contributed by atoms with Gasteiger partial charge in [-0.2, -0.15) is 15.3 Å². The standard InChI is InChI=1S/C36H46N2O6.C35H43BrN2O6.C33H42N2O6/c1-5-6-7-14-41-26-10-8-25(9-11-26)38-30-16-29-23(2)15-27-28-12-13-35(36(44-22-42-35)20-40-21-43-36)34(28,4)18-31(39)32(27)33(29,3)17-24(30)19-37-38;1-22-14-26-27-10-11-34(35(44-21-42-34)19-40-20-43-35)33(27,3)17-30(39)31(26)32(2)16-23-18-37-38(29(23)15-28(22)32)24-6-8-25(9-7-24)41-13-5-4-12-36;1-5-38-23-8-6-22(7-9-23)35-16-21-14-30(3)26(13-27(21)34-35)20(2)12-24-25-10-11-32(31(25,4)15-28(36)29(24)30)33(41-19-39-32)17-37-18-40-33/h6-11,16,19,23,27-28,31-32,39H,5,12-15,17-18,20-22H2,1-4H3;4-9,15,18,22,26-27,30-31,39H,10-14,16-17,19-21H2,1-3H3;6-9,13,16,20,24-25,28-29,36H,5,10-12,14-15,17-19H2,1-4H3/b7-6-;5-4-;/t23-,27-,28-,31-,32+,33-,34-,35+,36?;22-,26-,27-,30-,31+,32-,33-,34+,35?;20-,24-,25-,28-,29+,30-,31-,32+,33?/m000/s1. The fourth-order valence-electron chi connectivity index (χ4n) is 32.2. The molecule has 25 heteroatoms. The van der Waals surface area contributed by atoms with Gasteiger partial charge in [0.25, 0.3) is 0 Å². The van der Waals surface area contributed by atoms with Crippen molar-refractivity contribution in [1.29, 1.82) is 0 Å². The van der Waals surface area contributed by atoms with Gasteiger partial charge >= 0.3 is 0 Å². The minimum absolute atomic E-state index is 0.129. The number of allylic oxidation sites excluding steroid dienone is 5. The molecule has 129 heavy (non-hydrogen) atoms. The van der Waals surface area contributed by atoms with E-state index in [0.29, 0.717) is 112 Å². The number of aromatic nitrogens is 6. The molecule has 6 spiro atoms. The molecule has 18 aliphatic rings. The molecule has 15 fully saturated rings. The monoisotopic (exact) mass is 1830 g/mol. The summed E-state index contributed by atoms with van der Waals surface area (Å²) in [7, 11) is 0. The Kier molecular flexibility index (Phi) is 21.9. The molecule has 0 amide bonds. The highest BCUT2D eigenvalue weighted by molar-refractivity contribution is 9.09. The third-order valence-electron chi connectivity index (χ3n) is 37.1. The van der Waals surface area contributed by atoms with Crippen molar-refractivity contribution in [3.63, 3.8) is 0 Å². The van der Waals surface area contributed by atoms with Crippen molar-refractivity contribution >= 4 is 34.2 Å². The summed E-state index contributed by atoms with van der Waals surface area (Å²) in [5, 5.41) is 52.1. The molecule has 3 N–H and O–H groups in total. The van der Waals surface area contributed by atoms with Crippen LogP contribution in [0.15, 0.2) is 132 Å². The van der Waals surface area contributed by atoms with E-state index in [1.807, 2.05) is 72.5 Å². The van der Waals surface area contributed by atoms with Crippen LogP contribution in [0.5, 0.6) is 17.2 Å². The minimum atomic E-state index is -0.874. The van der Waals surface area contributed by atoms with Gasteiger partial charge in [-0.3, -0.25) is 0 Å². The average molecular weight is 1830 g/mol.